The van der Waals surface area contributed by atoms with Crippen molar-refractivity contribution < 1.29 is 4.79 Å². The third kappa shape index (κ3) is 4.01. The first-order valence-electron chi connectivity index (χ1n) is 8.15. The highest BCUT2D eigenvalue weighted by atomic mass is 32.2. The molecule has 2 aromatic carbocycles. The molecule has 1 heterocycles. The van der Waals surface area contributed by atoms with Crippen LogP contribution in [0.5, 0.6) is 0 Å². The van der Waals surface area contributed by atoms with Crippen molar-refractivity contribution in [2.75, 3.05) is 12.3 Å². The molecule has 1 amide bonds. The van der Waals surface area contributed by atoms with Crippen molar-refractivity contribution >= 4 is 28.6 Å². The van der Waals surface area contributed by atoms with Crippen LogP contribution >= 0.6 is 11.8 Å². The number of rotatable bonds is 6. The standard InChI is InChI=1S/C20H22N2OS/c1-14-7-8-17(11-15(14)2)24-10-9-21-20(23)12-16-13-22-19-6-4-3-5-18(16)19/h3-8,11,13,22H,9-10,12H2,1-2H3,(H,21,23). The Kier molecular flexibility index (Phi) is 5.26. The molecule has 0 aliphatic carbocycles. The van der Waals surface area contributed by atoms with Gasteiger partial charge >= 0.3 is 0 Å². The van der Waals surface area contributed by atoms with Crippen molar-refractivity contribution in [3.8, 4) is 0 Å². The quantitative estimate of drug-likeness (QED) is 0.522. The lowest BCUT2D eigenvalue weighted by atomic mass is 10.1. The molecular weight excluding hydrogens is 316 g/mol. The van der Waals surface area contributed by atoms with E-state index in [9.17, 15) is 4.79 Å². The van der Waals surface area contributed by atoms with E-state index in [0.29, 0.717) is 13.0 Å². The van der Waals surface area contributed by atoms with E-state index in [-0.39, 0.29) is 5.91 Å². The smallest absolute Gasteiger partial charge is 0.224 e. The SMILES string of the molecule is Cc1ccc(SCCNC(=O)Cc2c[nH]c3ccccc23)cc1C. The van der Waals surface area contributed by atoms with Gasteiger partial charge in [-0.2, -0.15) is 0 Å². The molecule has 3 aromatic rings. The zero-order valence-electron chi connectivity index (χ0n) is 14.1. The van der Waals surface area contributed by atoms with Crippen LogP contribution in [-0.2, 0) is 11.2 Å². The molecule has 3 rings (SSSR count). The van der Waals surface area contributed by atoms with E-state index in [1.54, 1.807) is 11.8 Å². The summed E-state index contributed by atoms with van der Waals surface area (Å²) in [6, 6.07) is 14.5. The summed E-state index contributed by atoms with van der Waals surface area (Å²) in [6.07, 6.45) is 2.34. The predicted octanol–water partition coefficient (Wildman–Crippen LogP) is 4.24. The molecule has 2 N–H and O–H groups in total. The minimum absolute atomic E-state index is 0.0699. The van der Waals surface area contributed by atoms with Gasteiger partial charge in [0, 0.05) is 34.3 Å². The summed E-state index contributed by atoms with van der Waals surface area (Å²) in [5, 5.41) is 4.13. The van der Waals surface area contributed by atoms with Crippen LogP contribution in [0, 0.1) is 13.8 Å². The normalized spacial score (nSPS) is 10.9. The van der Waals surface area contributed by atoms with Crippen LogP contribution in [0.4, 0.5) is 0 Å². The Morgan fingerprint density at radius 1 is 1.12 bits per heavy atom. The number of benzene rings is 2. The number of nitrogens with one attached hydrogen (secondary N) is 2. The van der Waals surface area contributed by atoms with Crippen molar-refractivity contribution in [1.82, 2.24) is 10.3 Å². The maximum atomic E-state index is 12.1. The molecule has 0 saturated carbocycles. The highest BCUT2D eigenvalue weighted by molar-refractivity contribution is 7.99. The fraction of sp³-hybridized carbons (Fsp3) is 0.250. The maximum Gasteiger partial charge on any atom is 0.224 e. The molecule has 0 radical (unpaired) electrons. The highest BCUT2D eigenvalue weighted by Crippen LogP contribution is 2.21. The number of hydrogen-bond donors (Lipinski definition) is 2. The Hall–Kier alpha value is -2.20. The zero-order valence-corrected chi connectivity index (χ0v) is 14.9. The number of para-hydroxylation sites is 1. The number of hydrogen-bond acceptors (Lipinski definition) is 2. The van der Waals surface area contributed by atoms with Crippen LogP contribution in [0.2, 0.25) is 0 Å². The number of H-pyrrole nitrogens is 1. The number of carbonyl (C=O) groups is 1. The number of fused-ring (bicyclic) bond motifs is 1. The predicted molar refractivity (Wildman–Crippen MR) is 102 cm³/mol. The summed E-state index contributed by atoms with van der Waals surface area (Å²) in [4.78, 5) is 16.6. The second kappa shape index (κ2) is 7.58. The lowest BCUT2D eigenvalue weighted by molar-refractivity contribution is -0.120. The number of aromatic nitrogens is 1. The average Bonchev–Trinajstić information content (AvgIpc) is 2.98. The van der Waals surface area contributed by atoms with Crippen molar-refractivity contribution in [2.45, 2.75) is 25.2 Å². The van der Waals surface area contributed by atoms with E-state index in [0.717, 1.165) is 22.2 Å². The van der Waals surface area contributed by atoms with E-state index in [1.807, 2.05) is 30.5 Å². The number of carbonyl (C=O) groups excluding carboxylic acids is 1. The first-order valence-corrected chi connectivity index (χ1v) is 9.14. The summed E-state index contributed by atoms with van der Waals surface area (Å²) in [5.74, 6) is 0.947. The Balaban J connectivity index is 1.46. The molecule has 0 bridgehead atoms. The molecule has 0 spiro atoms. The Labute approximate surface area is 146 Å². The number of aryl methyl sites for hydroxylation is 2. The van der Waals surface area contributed by atoms with Gasteiger partial charge in [0.25, 0.3) is 0 Å². The van der Waals surface area contributed by atoms with Crippen LogP contribution in [0.25, 0.3) is 10.9 Å². The van der Waals surface area contributed by atoms with Gasteiger partial charge in [0.2, 0.25) is 5.91 Å². The van der Waals surface area contributed by atoms with E-state index in [2.05, 4.69) is 42.3 Å². The summed E-state index contributed by atoms with van der Waals surface area (Å²) in [7, 11) is 0. The van der Waals surface area contributed by atoms with Crippen molar-refractivity contribution in [1.29, 1.82) is 0 Å². The molecule has 0 aliphatic rings. The number of thioether (sulfide) groups is 1. The van der Waals surface area contributed by atoms with Crippen LogP contribution < -0.4 is 5.32 Å². The lowest BCUT2D eigenvalue weighted by Crippen LogP contribution is -2.27. The van der Waals surface area contributed by atoms with Crippen LogP contribution in [0.15, 0.2) is 53.6 Å². The third-order valence-corrected chi connectivity index (χ3v) is 5.19. The van der Waals surface area contributed by atoms with E-state index in [1.165, 1.54) is 16.0 Å². The molecule has 1 aromatic heterocycles. The van der Waals surface area contributed by atoms with Crippen molar-refractivity contribution in [3.05, 3.63) is 65.4 Å². The molecule has 0 fully saturated rings. The van der Waals surface area contributed by atoms with Crippen LogP contribution in [0.3, 0.4) is 0 Å². The van der Waals surface area contributed by atoms with Gasteiger partial charge in [-0.15, -0.1) is 11.8 Å². The van der Waals surface area contributed by atoms with Gasteiger partial charge < -0.3 is 10.3 Å². The summed E-state index contributed by atoms with van der Waals surface area (Å²) in [5.41, 5.74) is 4.74. The van der Waals surface area contributed by atoms with Gasteiger partial charge in [-0.25, -0.2) is 0 Å². The molecule has 4 heteroatoms. The first kappa shape index (κ1) is 16.7. The van der Waals surface area contributed by atoms with Gasteiger partial charge in [0.1, 0.15) is 0 Å². The Morgan fingerprint density at radius 2 is 1.96 bits per heavy atom. The minimum atomic E-state index is 0.0699. The van der Waals surface area contributed by atoms with Crippen LogP contribution in [0.1, 0.15) is 16.7 Å². The largest absolute Gasteiger partial charge is 0.361 e. The van der Waals surface area contributed by atoms with Gasteiger partial charge in [0.15, 0.2) is 0 Å². The molecule has 0 aliphatic heterocycles. The first-order chi connectivity index (χ1) is 11.6. The van der Waals surface area contributed by atoms with Gasteiger partial charge in [-0.1, -0.05) is 24.3 Å². The Morgan fingerprint density at radius 3 is 2.79 bits per heavy atom. The van der Waals surface area contributed by atoms with Crippen molar-refractivity contribution in [2.24, 2.45) is 0 Å². The summed E-state index contributed by atoms with van der Waals surface area (Å²) >= 11 is 1.77. The van der Waals surface area contributed by atoms with Gasteiger partial charge in [0.05, 0.1) is 6.42 Å². The zero-order chi connectivity index (χ0) is 16.9. The fourth-order valence-corrected chi connectivity index (χ4v) is 3.54. The third-order valence-electron chi connectivity index (χ3n) is 4.20. The fourth-order valence-electron chi connectivity index (χ4n) is 2.68. The molecule has 24 heavy (non-hydrogen) atoms. The molecule has 0 atom stereocenters. The molecule has 0 saturated heterocycles. The molecule has 0 unspecified atom stereocenters. The minimum Gasteiger partial charge on any atom is -0.361 e. The van der Waals surface area contributed by atoms with E-state index >= 15 is 0 Å². The van der Waals surface area contributed by atoms with Gasteiger partial charge in [-0.3, -0.25) is 4.79 Å². The summed E-state index contributed by atoms with van der Waals surface area (Å²) < 4.78 is 0. The van der Waals surface area contributed by atoms with Crippen molar-refractivity contribution in [3.63, 3.8) is 0 Å². The second-order valence-corrected chi connectivity index (χ2v) is 7.15. The highest BCUT2D eigenvalue weighted by Gasteiger charge is 2.08. The van der Waals surface area contributed by atoms with Gasteiger partial charge in [-0.05, 0) is 48.7 Å². The van der Waals surface area contributed by atoms with Crippen LogP contribution in [-0.4, -0.2) is 23.2 Å². The monoisotopic (exact) mass is 338 g/mol. The molecule has 3 nitrogen and oxygen atoms in total. The molecular formula is C20H22N2OS. The summed E-state index contributed by atoms with van der Waals surface area (Å²) in [6.45, 7) is 4.93. The molecule has 124 valence electrons. The topological polar surface area (TPSA) is 44.9 Å². The Bertz CT molecular complexity index is 854. The number of aromatic amines is 1. The second-order valence-electron chi connectivity index (χ2n) is 5.98. The van der Waals surface area contributed by atoms with E-state index in [4.69, 9.17) is 0 Å². The average molecular weight is 338 g/mol. The maximum absolute atomic E-state index is 12.1. The lowest BCUT2D eigenvalue weighted by Gasteiger charge is -2.07. The number of amides is 1. The van der Waals surface area contributed by atoms with E-state index < -0.39 is 0 Å².